The Kier molecular flexibility index (Phi) is 9.11. The zero-order valence-electron chi connectivity index (χ0n) is 21.7. The number of ether oxygens (including phenoxy) is 1. The van der Waals surface area contributed by atoms with E-state index in [9.17, 15) is 9.90 Å². The van der Waals surface area contributed by atoms with E-state index in [0.717, 1.165) is 11.0 Å². The van der Waals surface area contributed by atoms with Crippen molar-refractivity contribution >= 4 is 45.8 Å². The summed E-state index contributed by atoms with van der Waals surface area (Å²) in [4.78, 5) is 22.4. The summed E-state index contributed by atoms with van der Waals surface area (Å²) in [6.07, 6.45) is 1.25. The molecule has 1 heterocycles. The molecule has 39 heavy (non-hydrogen) atoms. The van der Waals surface area contributed by atoms with Crippen molar-refractivity contribution < 1.29 is 14.6 Å². The number of amidine groups is 1. The molecule has 4 aromatic rings. The normalized spacial score (nSPS) is 12.6. The number of aromatic hydroxyl groups is 1. The molecule has 0 radical (unpaired) electrons. The van der Waals surface area contributed by atoms with Gasteiger partial charge in [-0.2, -0.15) is 10.2 Å². The summed E-state index contributed by atoms with van der Waals surface area (Å²) in [7, 11) is 3.52. The summed E-state index contributed by atoms with van der Waals surface area (Å²) in [6, 6.07) is 18.6. The van der Waals surface area contributed by atoms with Crippen LogP contribution in [0.15, 0.2) is 82.0 Å². The predicted octanol–water partition coefficient (Wildman–Crippen LogP) is 5.55. The number of fused-ring (bicyclic) bond motifs is 1. The van der Waals surface area contributed by atoms with Gasteiger partial charge >= 0.3 is 0 Å². The van der Waals surface area contributed by atoms with Gasteiger partial charge in [0.15, 0.2) is 0 Å². The van der Waals surface area contributed by atoms with Crippen LogP contribution >= 0.6 is 11.6 Å². The van der Waals surface area contributed by atoms with Gasteiger partial charge in [-0.15, -0.1) is 11.6 Å². The highest BCUT2D eigenvalue weighted by molar-refractivity contribution is 6.27. The number of aliphatic imine (C=N–C) groups is 1. The zero-order valence-corrected chi connectivity index (χ0v) is 22.5. The molecule has 0 saturated carbocycles. The number of amides is 1. The van der Waals surface area contributed by atoms with E-state index in [2.05, 4.69) is 20.5 Å². The number of nitrogens with one attached hydrogen (secondary N) is 1. The molecule has 0 aliphatic heterocycles. The van der Waals surface area contributed by atoms with E-state index in [4.69, 9.17) is 27.1 Å². The van der Waals surface area contributed by atoms with Gasteiger partial charge in [-0.3, -0.25) is 9.79 Å². The molecule has 0 saturated heterocycles. The maximum Gasteiger partial charge on any atom is 0.251 e. The number of nitrogens with zero attached hydrogens (tertiary/aromatic N) is 5. The van der Waals surface area contributed by atoms with Gasteiger partial charge in [0.05, 0.1) is 35.9 Å². The van der Waals surface area contributed by atoms with Gasteiger partial charge in [0.1, 0.15) is 28.7 Å². The minimum atomic E-state index is -0.388. The first-order valence-electron chi connectivity index (χ1n) is 12.4. The molecule has 4 N–H and O–H groups in total. The number of phenols is 1. The van der Waals surface area contributed by atoms with Crippen molar-refractivity contribution in [2.24, 2.45) is 28.0 Å². The Morgan fingerprint density at radius 1 is 1.10 bits per heavy atom. The Morgan fingerprint density at radius 2 is 1.77 bits per heavy atom. The molecule has 0 aliphatic carbocycles. The van der Waals surface area contributed by atoms with Gasteiger partial charge in [0.2, 0.25) is 0 Å². The predicted molar refractivity (Wildman–Crippen MR) is 153 cm³/mol. The first-order chi connectivity index (χ1) is 18.9. The van der Waals surface area contributed by atoms with E-state index in [-0.39, 0.29) is 23.6 Å². The van der Waals surface area contributed by atoms with Crippen LogP contribution in [0.5, 0.6) is 11.5 Å². The summed E-state index contributed by atoms with van der Waals surface area (Å²) < 4.78 is 7.46. The Labute approximate surface area is 231 Å². The topological polar surface area (TPSA) is 139 Å². The largest absolute Gasteiger partial charge is 0.508 e. The van der Waals surface area contributed by atoms with Crippen LogP contribution in [0.4, 0.5) is 11.4 Å². The monoisotopic (exact) mass is 547 g/mol. The SMILES string of the molecule is COc1cccc2c1nc([C@H](CCCN=C(N)CCl)NC(=O)c1ccc(N=Nc3ccc(O)cc3)cc1)n2C. The van der Waals surface area contributed by atoms with Gasteiger partial charge in [-0.1, -0.05) is 6.07 Å². The highest BCUT2D eigenvalue weighted by atomic mass is 35.5. The van der Waals surface area contributed by atoms with Crippen molar-refractivity contribution in [3.8, 4) is 11.5 Å². The number of hydrogen-bond acceptors (Lipinski definition) is 7. The molecule has 11 heteroatoms. The highest BCUT2D eigenvalue weighted by Crippen LogP contribution is 2.29. The number of halogens is 1. The molecule has 0 aliphatic rings. The van der Waals surface area contributed by atoms with E-state index >= 15 is 0 Å². The second kappa shape index (κ2) is 12.9. The summed E-state index contributed by atoms with van der Waals surface area (Å²) in [5, 5.41) is 20.9. The smallest absolute Gasteiger partial charge is 0.251 e. The summed E-state index contributed by atoms with van der Waals surface area (Å²) >= 11 is 5.73. The lowest BCUT2D eigenvalue weighted by atomic mass is 10.1. The minimum absolute atomic E-state index is 0.160. The van der Waals surface area contributed by atoms with Crippen LogP contribution in [0.1, 0.15) is 35.1 Å². The molecule has 1 aromatic heterocycles. The van der Waals surface area contributed by atoms with E-state index < -0.39 is 0 Å². The molecule has 1 amide bonds. The van der Waals surface area contributed by atoms with E-state index in [1.807, 2.05) is 29.8 Å². The second-order valence-electron chi connectivity index (χ2n) is 8.80. The molecule has 0 spiro atoms. The maximum absolute atomic E-state index is 13.3. The Bertz CT molecular complexity index is 1480. The van der Waals surface area contributed by atoms with Crippen LogP contribution < -0.4 is 15.8 Å². The van der Waals surface area contributed by atoms with Gasteiger partial charge in [0, 0.05) is 19.2 Å². The number of phenolic OH excluding ortho intramolecular Hbond substituents is 1. The molecule has 1 atom stereocenters. The average Bonchev–Trinajstić information content (AvgIpc) is 3.30. The van der Waals surface area contributed by atoms with Crippen molar-refractivity contribution in [3.63, 3.8) is 0 Å². The number of methoxy groups -OCH3 is 1. The molecule has 4 rings (SSSR count). The Balaban J connectivity index is 1.53. The van der Waals surface area contributed by atoms with E-state index in [0.29, 0.717) is 53.7 Å². The van der Waals surface area contributed by atoms with Crippen LogP contribution in [0.25, 0.3) is 11.0 Å². The third-order valence-corrected chi connectivity index (χ3v) is 6.38. The number of carbonyl (C=O) groups is 1. The number of imidazole rings is 1. The second-order valence-corrected chi connectivity index (χ2v) is 9.06. The van der Waals surface area contributed by atoms with Crippen LogP contribution in [0.3, 0.4) is 0 Å². The lowest BCUT2D eigenvalue weighted by Gasteiger charge is -2.18. The van der Waals surface area contributed by atoms with Crippen molar-refractivity contribution in [2.75, 3.05) is 19.5 Å². The third kappa shape index (κ3) is 6.91. The van der Waals surface area contributed by atoms with E-state index in [1.165, 1.54) is 12.1 Å². The minimum Gasteiger partial charge on any atom is -0.508 e. The molecule has 0 fully saturated rings. The fourth-order valence-electron chi connectivity index (χ4n) is 4.07. The van der Waals surface area contributed by atoms with Crippen molar-refractivity contribution in [2.45, 2.75) is 18.9 Å². The number of alkyl halides is 1. The van der Waals surface area contributed by atoms with Crippen LogP contribution in [0, 0.1) is 0 Å². The summed E-state index contributed by atoms with van der Waals surface area (Å²) in [5.41, 5.74) is 9.03. The lowest BCUT2D eigenvalue weighted by Crippen LogP contribution is -2.30. The standard InChI is InChI=1S/C28H30ClN7O3/c1-36-23-6-3-7-24(39-2)26(23)33-27(36)22(5-4-16-31-25(30)17-29)32-28(38)18-8-10-19(11-9-18)34-35-20-12-14-21(37)15-13-20/h3,6-15,22,37H,4-5,16-17H2,1-2H3,(H2,30,31)(H,32,38)/t22-/m0/s1. The molecular formula is C28H30ClN7O3. The Hall–Kier alpha value is -4.44. The quantitative estimate of drug-likeness (QED) is 0.0742. The third-order valence-electron chi connectivity index (χ3n) is 6.11. The zero-order chi connectivity index (χ0) is 27.8. The first-order valence-corrected chi connectivity index (χ1v) is 12.9. The van der Waals surface area contributed by atoms with Gasteiger partial charge in [-0.25, -0.2) is 4.98 Å². The number of para-hydroxylation sites is 1. The molecular weight excluding hydrogens is 518 g/mol. The Morgan fingerprint density at radius 3 is 2.41 bits per heavy atom. The first kappa shape index (κ1) is 27.6. The lowest BCUT2D eigenvalue weighted by molar-refractivity contribution is 0.0932. The number of azo groups is 1. The van der Waals surface area contributed by atoms with Crippen LogP contribution in [0.2, 0.25) is 0 Å². The molecule has 0 unspecified atom stereocenters. The summed E-state index contributed by atoms with van der Waals surface area (Å²) in [5.74, 6) is 1.84. The fourth-order valence-corrected chi connectivity index (χ4v) is 4.15. The highest BCUT2D eigenvalue weighted by Gasteiger charge is 2.22. The number of aryl methyl sites for hydroxylation is 1. The van der Waals surface area contributed by atoms with Gasteiger partial charge in [0.25, 0.3) is 5.91 Å². The summed E-state index contributed by atoms with van der Waals surface area (Å²) in [6.45, 7) is 0.485. The molecule has 10 nitrogen and oxygen atoms in total. The molecule has 202 valence electrons. The molecule has 3 aromatic carbocycles. The van der Waals surface area contributed by atoms with Gasteiger partial charge < -0.3 is 25.5 Å². The van der Waals surface area contributed by atoms with Crippen LogP contribution in [-0.2, 0) is 7.05 Å². The van der Waals surface area contributed by atoms with Crippen molar-refractivity contribution in [3.05, 3.63) is 78.1 Å². The number of rotatable bonds is 11. The average molecular weight is 548 g/mol. The van der Waals surface area contributed by atoms with E-state index in [1.54, 1.807) is 43.5 Å². The van der Waals surface area contributed by atoms with Crippen LogP contribution in [-0.4, -0.2) is 45.9 Å². The van der Waals surface area contributed by atoms with Crippen molar-refractivity contribution in [1.82, 2.24) is 14.9 Å². The number of carbonyl (C=O) groups excluding carboxylic acids is 1. The fraction of sp³-hybridized carbons (Fsp3) is 0.250. The van der Waals surface area contributed by atoms with Gasteiger partial charge in [-0.05, 0) is 73.5 Å². The molecule has 0 bridgehead atoms. The number of hydrogen-bond donors (Lipinski definition) is 3. The maximum atomic E-state index is 13.3. The number of nitrogens with two attached hydrogens (primary N) is 1. The number of aromatic nitrogens is 2. The van der Waals surface area contributed by atoms with Crippen molar-refractivity contribution in [1.29, 1.82) is 0 Å². The number of benzene rings is 3.